The molecule has 0 heterocycles. The summed E-state index contributed by atoms with van der Waals surface area (Å²) in [7, 11) is 1.34. The Morgan fingerprint density at radius 3 is 2.35 bits per heavy atom. The van der Waals surface area contributed by atoms with Gasteiger partial charge in [0, 0.05) is 31.3 Å². The zero-order chi connectivity index (χ0) is 19.5. The number of amides is 3. The van der Waals surface area contributed by atoms with E-state index in [9.17, 15) is 22.8 Å². The fourth-order valence-electron chi connectivity index (χ4n) is 2.87. The van der Waals surface area contributed by atoms with E-state index in [0.29, 0.717) is 12.1 Å². The summed E-state index contributed by atoms with van der Waals surface area (Å²) in [6.45, 7) is 1.87. The monoisotopic (exact) mass is 370 g/mol. The number of rotatable bonds is 5. The van der Waals surface area contributed by atoms with Crippen LogP contribution in [0, 0.1) is 28.8 Å². The molecule has 0 aromatic heterocycles. The van der Waals surface area contributed by atoms with Crippen LogP contribution in [0.5, 0.6) is 0 Å². The summed E-state index contributed by atoms with van der Waals surface area (Å²) in [6.07, 6.45) is 1.71. The van der Waals surface area contributed by atoms with Gasteiger partial charge in [0.05, 0.1) is 0 Å². The van der Waals surface area contributed by atoms with E-state index >= 15 is 0 Å². The molecule has 0 spiro atoms. The highest BCUT2D eigenvalue weighted by molar-refractivity contribution is 6.38. The van der Waals surface area contributed by atoms with E-state index in [1.165, 1.54) is 7.05 Å². The zero-order valence-electron chi connectivity index (χ0n) is 14.5. The number of carbonyl (C=O) groups is 2. The number of benzene rings is 1. The van der Waals surface area contributed by atoms with E-state index in [0.717, 1.165) is 12.8 Å². The van der Waals surface area contributed by atoms with Crippen molar-refractivity contribution in [2.75, 3.05) is 13.6 Å². The SMILES string of the molecule is CNC(=O)/N=C(\N)C(=O)NCC(C)(Cc1c(F)cc(F)cc1F)C1CC1. The van der Waals surface area contributed by atoms with E-state index in [-0.39, 0.29) is 24.4 Å². The molecule has 1 aliphatic carbocycles. The summed E-state index contributed by atoms with van der Waals surface area (Å²) in [6, 6.07) is 0.509. The average Bonchev–Trinajstić information content (AvgIpc) is 3.41. The van der Waals surface area contributed by atoms with Crippen molar-refractivity contribution >= 4 is 17.8 Å². The fourth-order valence-corrected chi connectivity index (χ4v) is 2.87. The Hall–Kier alpha value is -2.58. The smallest absolute Gasteiger partial charge is 0.342 e. The highest BCUT2D eigenvalue weighted by Gasteiger charge is 2.42. The first-order valence-corrected chi connectivity index (χ1v) is 8.14. The summed E-state index contributed by atoms with van der Waals surface area (Å²) >= 11 is 0. The Kier molecular flexibility index (Phi) is 5.89. The minimum atomic E-state index is -0.983. The maximum Gasteiger partial charge on any atom is 0.342 e. The van der Waals surface area contributed by atoms with Crippen LogP contribution in [0.2, 0.25) is 0 Å². The number of nitrogens with two attached hydrogens (primary N) is 1. The van der Waals surface area contributed by atoms with Crippen molar-refractivity contribution in [2.45, 2.75) is 26.2 Å². The van der Waals surface area contributed by atoms with Crippen molar-refractivity contribution in [1.29, 1.82) is 0 Å². The van der Waals surface area contributed by atoms with Crippen molar-refractivity contribution in [1.82, 2.24) is 10.6 Å². The Labute approximate surface area is 149 Å². The van der Waals surface area contributed by atoms with Crippen LogP contribution in [-0.4, -0.2) is 31.4 Å². The first-order valence-electron chi connectivity index (χ1n) is 8.14. The summed E-state index contributed by atoms with van der Waals surface area (Å²) in [5.41, 5.74) is 4.58. The molecule has 1 unspecified atom stereocenters. The minimum Gasteiger partial charge on any atom is -0.379 e. The molecule has 1 fully saturated rings. The lowest BCUT2D eigenvalue weighted by molar-refractivity contribution is -0.115. The van der Waals surface area contributed by atoms with E-state index in [2.05, 4.69) is 15.6 Å². The third kappa shape index (κ3) is 4.74. The number of nitrogens with one attached hydrogen (secondary N) is 2. The van der Waals surface area contributed by atoms with Gasteiger partial charge in [0.25, 0.3) is 5.91 Å². The Morgan fingerprint density at radius 2 is 1.85 bits per heavy atom. The fraction of sp³-hybridized carbons (Fsp3) is 0.471. The van der Waals surface area contributed by atoms with Gasteiger partial charge in [-0.2, -0.15) is 4.99 Å². The van der Waals surface area contributed by atoms with Crippen molar-refractivity contribution < 1.29 is 22.8 Å². The predicted molar refractivity (Wildman–Crippen MR) is 89.9 cm³/mol. The molecule has 2 rings (SSSR count). The van der Waals surface area contributed by atoms with Crippen molar-refractivity contribution in [2.24, 2.45) is 22.1 Å². The summed E-state index contributed by atoms with van der Waals surface area (Å²) in [4.78, 5) is 26.4. The normalized spacial score (nSPS) is 16.7. The molecule has 1 aromatic carbocycles. The first kappa shape index (κ1) is 19.7. The van der Waals surface area contributed by atoms with E-state index in [1.54, 1.807) is 6.92 Å². The molecular weight excluding hydrogens is 349 g/mol. The molecule has 6 nitrogen and oxygen atoms in total. The summed E-state index contributed by atoms with van der Waals surface area (Å²) in [5.74, 6) is -4.00. The molecule has 1 aliphatic rings. The maximum atomic E-state index is 14.0. The molecular formula is C17H21F3N4O2. The Morgan fingerprint density at radius 1 is 1.27 bits per heavy atom. The second-order valence-electron chi connectivity index (χ2n) is 6.69. The number of amidine groups is 1. The molecule has 1 atom stereocenters. The summed E-state index contributed by atoms with van der Waals surface area (Å²) < 4.78 is 41.1. The standard InChI is InChI=1S/C17H21F3N4O2/c1-17(9-3-4-9,7-11-12(19)5-10(18)6-13(11)20)8-23-15(25)14(21)24-16(26)22-2/h5-6,9H,3-4,7-8H2,1-2H3,(H,23,25)(H3,21,22,24,26). The molecule has 1 saturated carbocycles. The lowest BCUT2D eigenvalue weighted by Gasteiger charge is -2.30. The van der Waals surface area contributed by atoms with Gasteiger partial charge in [-0.05, 0) is 30.6 Å². The van der Waals surface area contributed by atoms with Crippen molar-refractivity contribution in [3.63, 3.8) is 0 Å². The average molecular weight is 370 g/mol. The molecule has 4 N–H and O–H groups in total. The maximum absolute atomic E-state index is 14.0. The van der Waals surface area contributed by atoms with E-state index < -0.39 is 40.6 Å². The number of urea groups is 1. The van der Waals surface area contributed by atoms with Gasteiger partial charge in [-0.1, -0.05) is 6.92 Å². The molecule has 1 aromatic rings. The summed E-state index contributed by atoms with van der Waals surface area (Å²) in [5, 5.41) is 4.75. The number of nitrogens with zero attached hydrogens (tertiary/aromatic N) is 1. The van der Waals surface area contributed by atoms with Crippen LogP contribution in [0.3, 0.4) is 0 Å². The van der Waals surface area contributed by atoms with Crippen LogP contribution in [0.1, 0.15) is 25.3 Å². The van der Waals surface area contributed by atoms with Gasteiger partial charge >= 0.3 is 6.03 Å². The number of hydrogen-bond acceptors (Lipinski definition) is 2. The van der Waals surface area contributed by atoms with Crippen molar-refractivity contribution in [3.05, 3.63) is 35.1 Å². The second kappa shape index (κ2) is 7.76. The van der Waals surface area contributed by atoms with Gasteiger partial charge in [-0.3, -0.25) is 4.79 Å². The van der Waals surface area contributed by atoms with Crippen LogP contribution in [0.25, 0.3) is 0 Å². The third-order valence-electron chi connectivity index (χ3n) is 4.57. The van der Waals surface area contributed by atoms with Gasteiger partial charge in [-0.15, -0.1) is 0 Å². The molecule has 0 bridgehead atoms. The van der Waals surface area contributed by atoms with Gasteiger partial charge < -0.3 is 16.4 Å². The third-order valence-corrected chi connectivity index (χ3v) is 4.57. The van der Waals surface area contributed by atoms with Gasteiger partial charge in [0.2, 0.25) is 0 Å². The van der Waals surface area contributed by atoms with Gasteiger partial charge in [0.15, 0.2) is 5.84 Å². The molecule has 0 aliphatic heterocycles. The Bertz CT molecular complexity index is 727. The number of halogens is 3. The molecule has 0 saturated heterocycles. The quantitative estimate of drug-likeness (QED) is 0.545. The highest BCUT2D eigenvalue weighted by atomic mass is 19.1. The highest BCUT2D eigenvalue weighted by Crippen LogP contribution is 2.47. The number of hydrogen-bond donors (Lipinski definition) is 3. The number of aliphatic imine (C=N–C) groups is 1. The lowest BCUT2D eigenvalue weighted by Crippen LogP contribution is -2.44. The minimum absolute atomic E-state index is 0.0115. The largest absolute Gasteiger partial charge is 0.379 e. The predicted octanol–water partition coefficient (Wildman–Crippen LogP) is 1.88. The molecule has 26 heavy (non-hydrogen) atoms. The Balaban J connectivity index is 2.12. The zero-order valence-corrected chi connectivity index (χ0v) is 14.5. The van der Waals surface area contributed by atoms with Crippen molar-refractivity contribution in [3.8, 4) is 0 Å². The topological polar surface area (TPSA) is 96.6 Å². The van der Waals surface area contributed by atoms with Crippen LogP contribution >= 0.6 is 0 Å². The van der Waals surface area contributed by atoms with Crippen LogP contribution in [-0.2, 0) is 11.2 Å². The van der Waals surface area contributed by atoms with Crippen LogP contribution in [0.4, 0.5) is 18.0 Å². The lowest BCUT2D eigenvalue weighted by atomic mass is 9.78. The molecule has 3 amide bonds. The number of carbonyl (C=O) groups excluding carboxylic acids is 2. The first-order chi connectivity index (χ1) is 12.2. The molecule has 142 valence electrons. The second-order valence-corrected chi connectivity index (χ2v) is 6.69. The van der Waals surface area contributed by atoms with Gasteiger partial charge in [-0.25, -0.2) is 18.0 Å². The molecule has 9 heteroatoms. The molecule has 0 radical (unpaired) electrons. The van der Waals surface area contributed by atoms with Gasteiger partial charge in [0.1, 0.15) is 17.5 Å². The van der Waals surface area contributed by atoms with E-state index in [1.807, 2.05) is 0 Å². The van der Waals surface area contributed by atoms with E-state index in [4.69, 9.17) is 5.73 Å². The van der Waals surface area contributed by atoms with Crippen LogP contribution < -0.4 is 16.4 Å². The van der Waals surface area contributed by atoms with Crippen LogP contribution in [0.15, 0.2) is 17.1 Å².